The number of fused-ring (bicyclic) bond motifs is 1. The Labute approximate surface area is 137 Å². The number of pyridine rings is 1. The molecule has 22 heavy (non-hydrogen) atoms. The Morgan fingerprint density at radius 3 is 2.59 bits per heavy atom. The number of amides is 1. The Hall–Kier alpha value is -2.20. The van der Waals surface area contributed by atoms with Crippen molar-refractivity contribution >= 4 is 32.7 Å². The fourth-order valence-electron chi connectivity index (χ4n) is 2.37. The molecular formula is C18H15BrN2O. The lowest BCUT2D eigenvalue weighted by atomic mass is 10.1. The first-order valence-electron chi connectivity index (χ1n) is 7.06. The van der Waals surface area contributed by atoms with E-state index in [1.54, 1.807) is 6.07 Å². The molecule has 0 saturated carbocycles. The van der Waals surface area contributed by atoms with E-state index in [0.29, 0.717) is 5.69 Å². The number of para-hydroxylation sites is 1. The highest BCUT2D eigenvalue weighted by molar-refractivity contribution is 9.10. The van der Waals surface area contributed by atoms with Crippen molar-refractivity contribution in [3.05, 3.63) is 76.4 Å². The molecule has 0 spiro atoms. The lowest BCUT2D eigenvalue weighted by Crippen LogP contribution is -2.27. The minimum absolute atomic E-state index is 0.101. The summed E-state index contributed by atoms with van der Waals surface area (Å²) in [5.74, 6) is -0.172. The van der Waals surface area contributed by atoms with Crippen LogP contribution in [0.15, 0.2) is 65.1 Å². The monoisotopic (exact) mass is 354 g/mol. The van der Waals surface area contributed by atoms with Crippen LogP contribution in [0.5, 0.6) is 0 Å². The fourth-order valence-corrected chi connectivity index (χ4v) is 3.00. The third-order valence-corrected chi connectivity index (χ3v) is 4.27. The molecule has 1 amide bonds. The van der Waals surface area contributed by atoms with Gasteiger partial charge < -0.3 is 5.32 Å². The molecule has 0 saturated heterocycles. The minimum Gasteiger partial charge on any atom is -0.344 e. The zero-order valence-corrected chi connectivity index (χ0v) is 13.7. The van der Waals surface area contributed by atoms with Crippen molar-refractivity contribution < 1.29 is 4.79 Å². The molecule has 3 rings (SSSR count). The number of hydrogen-bond donors (Lipinski definition) is 1. The number of halogens is 1. The van der Waals surface area contributed by atoms with Gasteiger partial charge in [-0.15, -0.1) is 0 Å². The highest BCUT2D eigenvalue weighted by atomic mass is 79.9. The van der Waals surface area contributed by atoms with Crippen molar-refractivity contribution in [2.45, 2.75) is 13.0 Å². The van der Waals surface area contributed by atoms with Crippen LogP contribution in [-0.2, 0) is 0 Å². The summed E-state index contributed by atoms with van der Waals surface area (Å²) >= 11 is 3.51. The second-order valence-corrected chi connectivity index (χ2v) is 5.96. The third-order valence-electron chi connectivity index (χ3n) is 3.55. The topological polar surface area (TPSA) is 42.0 Å². The van der Waals surface area contributed by atoms with Gasteiger partial charge in [-0.05, 0) is 30.7 Å². The van der Waals surface area contributed by atoms with Gasteiger partial charge in [0, 0.05) is 9.86 Å². The first kappa shape index (κ1) is 14.7. The molecule has 0 aliphatic carbocycles. The van der Waals surface area contributed by atoms with E-state index >= 15 is 0 Å². The predicted molar refractivity (Wildman–Crippen MR) is 91.8 cm³/mol. The smallest absolute Gasteiger partial charge is 0.270 e. The maximum atomic E-state index is 12.4. The van der Waals surface area contributed by atoms with Gasteiger partial charge in [0.05, 0.1) is 11.6 Å². The Morgan fingerprint density at radius 1 is 1.05 bits per heavy atom. The highest BCUT2D eigenvalue weighted by Crippen LogP contribution is 2.23. The van der Waals surface area contributed by atoms with Crippen LogP contribution < -0.4 is 5.32 Å². The minimum atomic E-state index is -0.172. The summed E-state index contributed by atoms with van der Waals surface area (Å²) in [6.07, 6.45) is 0. The van der Waals surface area contributed by atoms with E-state index in [9.17, 15) is 4.79 Å². The Kier molecular flexibility index (Phi) is 4.20. The van der Waals surface area contributed by atoms with Crippen LogP contribution in [0.1, 0.15) is 29.0 Å². The summed E-state index contributed by atoms with van der Waals surface area (Å²) in [6.45, 7) is 1.96. The van der Waals surface area contributed by atoms with Crippen LogP contribution >= 0.6 is 15.9 Å². The summed E-state index contributed by atoms with van der Waals surface area (Å²) in [6, 6.07) is 19.2. The molecule has 1 unspecified atom stereocenters. The summed E-state index contributed by atoms with van der Waals surface area (Å²) in [7, 11) is 0. The normalized spacial score (nSPS) is 12.1. The van der Waals surface area contributed by atoms with Crippen molar-refractivity contribution in [1.29, 1.82) is 0 Å². The summed E-state index contributed by atoms with van der Waals surface area (Å²) in [5, 5.41) is 4.01. The summed E-state index contributed by atoms with van der Waals surface area (Å²) in [4.78, 5) is 16.8. The van der Waals surface area contributed by atoms with E-state index in [1.807, 2.05) is 61.5 Å². The summed E-state index contributed by atoms with van der Waals surface area (Å²) < 4.78 is 0.981. The van der Waals surface area contributed by atoms with Crippen molar-refractivity contribution in [2.75, 3.05) is 0 Å². The van der Waals surface area contributed by atoms with Gasteiger partial charge in [0.25, 0.3) is 5.91 Å². The molecular weight excluding hydrogens is 340 g/mol. The van der Waals surface area contributed by atoms with E-state index in [-0.39, 0.29) is 11.9 Å². The Morgan fingerprint density at radius 2 is 1.77 bits per heavy atom. The first-order valence-corrected chi connectivity index (χ1v) is 7.85. The van der Waals surface area contributed by atoms with Gasteiger partial charge in [-0.3, -0.25) is 4.79 Å². The van der Waals surface area contributed by atoms with Crippen molar-refractivity contribution in [2.24, 2.45) is 0 Å². The maximum absolute atomic E-state index is 12.4. The second-order valence-electron chi connectivity index (χ2n) is 5.11. The van der Waals surface area contributed by atoms with Crippen molar-refractivity contribution in [3.63, 3.8) is 0 Å². The molecule has 1 aromatic heterocycles. The molecule has 1 heterocycles. The quantitative estimate of drug-likeness (QED) is 0.752. The Balaban J connectivity index is 1.82. The van der Waals surface area contributed by atoms with Crippen LogP contribution in [-0.4, -0.2) is 10.9 Å². The SMILES string of the molecule is CC(NC(=O)c1ccc2ccccc2n1)c1ccccc1Br. The van der Waals surface area contributed by atoms with Gasteiger partial charge in [-0.2, -0.15) is 0 Å². The molecule has 3 nitrogen and oxygen atoms in total. The zero-order chi connectivity index (χ0) is 15.5. The van der Waals surface area contributed by atoms with Crippen LogP contribution in [0.4, 0.5) is 0 Å². The van der Waals surface area contributed by atoms with E-state index < -0.39 is 0 Å². The highest BCUT2D eigenvalue weighted by Gasteiger charge is 2.14. The number of carbonyl (C=O) groups excluding carboxylic acids is 1. The molecule has 0 radical (unpaired) electrons. The lowest BCUT2D eigenvalue weighted by molar-refractivity contribution is 0.0935. The number of nitrogens with zero attached hydrogens (tertiary/aromatic N) is 1. The molecule has 4 heteroatoms. The predicted octanol–water partition coefficient (Wildman–Crippen LogP) is 4.49. The lowest BCUT2D eigenvalue weighted by Gasteiger charge is -2.15. The molecule has 3 aromatic rings. The average Bonchev–Trinajstić information content (AvgIpc) is 2.54. The number of rotatable bonds is 3. The Bertz CT molecular complexity index is 832. The van der Waals surface area contributed by atoms with Crippen LogP contribution in [0.25, 0.3) is 10.9 Å². The van der Waals surface area contributed by atoms with E-state index in [0.717, 1.165) is 20.9 Å². The van der Waals surface area contributed by atoms with Crippen LogP contribution in [0.2, 0.25) is 0 Å². The number of aromatic nitrogens is 1. The van der Waals surface area contributed by atoms with Gasteiger partial charge in [-0.1, -0.05) is 58.4 Å². The fraction of sp³-hybridized carbons (Fsp3) is 0.111. The van der Waals surface area contributed by atoms with Gasteiger partial charge in [0.15, 0.2) is 0 Å². The number of hydrogen-bond acceptors (Lipinski definition) is 2. The first-order chi connectivity index (χ1) is 10.6. The van der Waals surface area contributed by atoms with Crippen molar-refractivity contribution in [1.82, 2.24) is 10.3 Å². The molecule has 2 aromatic carbocycles. The standard InChI is InChI=1S/C18H15BrN2O/c1-12(14-7-3-4-8-15(14)19)20-18(22)17-11-10-13-6-2-5-9-16(13)21-17/h2-12H,1H3,(H,20,22). The molecule has 1 N–H and O–H groups in total. The van der Waals surface area contributed by atoms with E-state index in [4.69, 9.17) is 0 Å². The van der Waals surface area contributed by atoms with Gasteiger partial charge in [-0.25, -0.2) is 4.98 Å². The largest absolute Gasteiger partial charge is 0.344 e. The van der Waals surface area contributed by atoms with Crippen LogP contribution in [0.3, 0.4) is 0 Å². The van der Waals surface area contributed by atoms with Crippen LogP contribution in [0, 0.1) is 0 Å². The summed E-state index contributed by atoms with van der Waals surface area (Å²) in [5.41, 5.74) is 2.29. The molecule has 0 bridgehead atoms. The number of carbonyl (C=O) groups is 1. The third kappa shape index (κ3) is 3.02. The van der Waals surface area contributed by atoms with Gasteiger partial charge >= 0.3 is 0 Å². The molecule has 1 atom stereocenters. The second kappa shape index (κ2) is 6.28. The van der Waals surface area contributed by atoms with Gasteiger partial charge in [0.2, 0.25) is 0 Å². The number of benzene rings is 2. The van der Waals surface area contributed by atoms with Crippen molar-refractivity contribution in [3.8, 4) is 0 Å². The molecule has 0 fully saturated rings. The van der Waals surface area contributed by atoms with E-state index in [1.165, 1.54) is 0 Å². The molecule has 0 aliphatic heterocycles. The van der Waals surface area contributed by atoms with Gasteiger partial charge in [0.1, 0.15) is 5.69 Å². The average molecular weight is 355 g/mol. The molecule has 110 valence electrons. The maximum Gasteiger partial charge on any atom is 0.270 e. The zero-order valence-electron chi connectivity index (χ0n) is 12.1. The van der Waals surface area contributed by atoms with E-state index in [2.05, 4.69) is 26.2 Å². The molecule has 0 aliphatic rings. The number of nitrogens with one attached hydrogen (secondary N) is 1.